The summed E-state index contributed by atoms with van der Waals surface area (Å²) in [6.45, 7) is 0. The zero-order valence-electron chi connectivity index (χ0n) is 10.7. The van der Waals surface area contributed by atoms with Crippen molar-refractivity contribution in [3.8, 4) is 28.6 Å². The molecule has 0 unspecified atom stereocenters. The van der Waals surface area contributed by atoms with E-state index in [1.165, 1.54) is 21.3 Å². The SMILES string of the molecule is COc1cc(Cl)c(-c2cc(N)no2)c(OC)c1OC. The van der Waals surface area contributed by atoms with E-state index in [-0.39, 0.29) is 5.82 Å². The van der Waals surface area contributed by atoms with Gasteiger partial charge in [-0.1, -0.05) is 16.8 Å². The van der Waals surface area contributed by atoms with Crippen LogP contribution in [0.3, 0.4) is 0 Å². The first-order valence-electron chi connectivity index (χ1n) is 5.33. The number of nitrogens with two attached hydrogens (primary N) is 1. The third-order valence-electron chi connectivity index (χ3n) is 2.56. The Bertz CT molecular complexity index is 598. The molecule has 7 heteroatoms. The largest absolute Gasteiger partial charge is 0.493 e. The first-order chi connectivity index (χ1) is 9.12. The van der Waals surface area contributed by atoms with Gasteiger partial charge in [-0.15, -0.1) is 0 Å². The quantitative estimate of drug-likeness (QED) is 0.929. The molecule has 0 bridgehead atoms. The number of rotatable bonds is 4. The van der Waals surface area contributed by atoms with E-state index in [1.54, 1.807) is 12.1 Å². The predicted octanol–water partition coefficient (Wildman–Crippen LogP) is 2.60. The number of anilines is 1. The Morgan fingerprint density at radius 2 is 1.79 bits per heavy atom. The van der Waals surface area contributed by atoms with Crippen molar-refractivity contribution in [3.05, 3.63) is 17.2 Å². The van der Waals surface area contributed by atoms with Gasteiger partial charge in [-0.3, -0.25) is 0 Å². The Hall–Kier alpha value is -2.08. The molecule has 6 nitrogen and oxygen atoms in total. The monoisotopic (exact) mass is 284 g/mol. The number of hydrogen-bond donors (Lipinski definition) is 1. The molecule has 1 aromatic heterocycles. The first kappa shape index (κ1) is 13.4. The minimum atomic E-state index is 0.253. The topological polar surface area (TPSA) is 79.7 Å². The number of methoxy groups -OCH3 is 3. The smallest absolute Gasteiger partial charge is 0.204 e. The van der Waals surface area contributed by atoms with Crippen LogP contribution < -0.4 is 19.9 Å². The molecule has 0 atom stereocenters. The Morgan fingerprint density at radius 1 is 1.11 bits per heavy atom. The summed E-state index contributed by atoms with van der Waals surface area (Å²) < 4.78 is 20.9. The average molecular weight is 285 g/mol. The Kier molecular flexibility index (Phi) is 3.71. The van der Waals surface area contributed by atoms with Crippen LogP contribution in [0.5, 0.6) is 17.2 Å². The number of nitrogen functional groups attached to an aromatic ring is 1. The fourth-order valence-corrected chi connectivity index (χ4v) is 2.04. The van der Waals surface area contributed by atoms with Gasteiger partial charge in [-0.05, 0) is 0 Å². The van der Waals surface area contributed by atoms with Gasteiger partial charge in [0.2, 0.25) is 5.75 Å². The summed E-state index contributed by atoms with van der Waals surface area (Å²) in [5.41, 5.74) is 6.05. The Balaban J connectivity index is 2.72. The lowest BCUT2D eigenvalue weighted by Crippen LogP contribution is -1.97. The molecule has 0 fully saturated rings. The normalized spacial score (nSPS) is 10.3. The summed E-state index contributed by atoms with van der Waals surface area (Å²) >= 11 is 6.22. The molecule has 0 aliphatic rings. The van der Waals surface area contributed by atoms with E-state index in [1.807, 2.05) is 0 Å². The minimum Gasteiger partial charge on any atom is -0.493 e. The number of halogens is 1. The molecule has 0 saturated heterocycles. The summed E-state index contributed by atoms with van der Waals surface area (Å²) in [6.07, 6.45) is 0. The molecule has 1 heterocycles. The molecule has 0 amide bonds. The van der Waals surface area contributed by atoms with Crippen LogP contribution in [-0.4, -0.2) is 26.5 Å². The fraction of sp³-hybridized carbons (Fsp3) is 0.250. The maximum atomic E-state index is 6.22. The molecule has 2 aromatic rings. The van der Waals surface area contributed by atoms with E-state index in [0.717, 1.165) is 0 Å². The van der Waals surface area contributed by atoms with Gasteiger partial charge >= 0.3 is 0 Å². The van der Waals surface area contributed by atoms with Crippen molar-refractivity contribution < 1.29 is 18.7 Å². The summed E-state index contributed by atoms with van der Waals surface area (Å²) in [6, 6.07) is 3.16. The first-order valence-corrected chi connectivity index (χ1v) is 5.71. The molecule has 2 N–H and O–H groups in total. The number of nitrogens with zero attached hydrogens (tertiary/aromatic N) is 1. The van der Waals surface area contributed by atoms with E-state index >= 15 is 0 Å². The van der Waals surface area contributed by atoms with Crippen LogP contribution in [0, 0.1) is 0 Å². The second kappa shape index (κ2) is 5.27. The molecule has 19 heavy (non-hydrogen) atoms. The highest BCUT2D eigenvalue weighted by atomic mass is 35.5. The second-order valence-electron chi connectivity index (χ2n) is 3.62. The van der Waals surface area contributed by atoms with Gasteiger partial charge in [-0.25, -0.2) is 0 Å². The van der Waals surface area contributed by atoms with E-state index in [4.69, 9.17) is 36.1 Å². The summed E-state index contributed by atoms with van der Waals surface area (Å²) in [7, 11) is 4.52. The second-order valence-corrected chi connectivity index (χ2v) is 4.03. The Morgan fingerprint density at radius 3 is 2.26 bits per heavy atom. The standard InChI is InChI=1S/C12H13ClN2O4/c1-16-8-4-6(13)10(7-5-9(14)15-19-7)12(18-3)11(8)17-2/h4-5H,1-3H3,(H2,14,15). The van der Waals surface area contributed by atoms with E-state index < -0.39 is 0 Å². The van der Waals surface area contributed by atoms with Crippen LogP contribution in [-0.2, 0) is 0 Å². The summed E-state index contributed by atoms with van der Waals surface area (Å²) in [5.74, 6) is 1.91. The third kappa shape index (κ3) is 2.26. The van der Waals surface area contributed by atoms with Gasteiger partial charge < -0.3 is 24.5 Å². The van der Waals surface area contributed by atoms with Gasteiger partial charge in [-0.2, -0.15) is 0 Å². The zero-order chi connectivity index (χ0) is 14.0. The summed E-state index contributed by atoms with van der Waals surface area (Å²) in [4.78, 5) is 0. The van der Waals surface area contributed by atoms with E-state index in [0.29, 0.717) is 33.6 Å². The molecular formula is C12H13ClN2O4. The number of ether oxygens (including phenoxy) is 3. The van der Waals surface area contributed by atoms with Gasteiger partial charge in [0.15, 0.2) is 23.1 Å². The number of benzene rings is 1. The van der Waals surface area contributed by atoms with Crippen LogP contribution in [0.2, 0.25) is 5.02 Å². The molecule has 1 aromatic carbocycles. The van der Waals surface area contributed by atoms with Crippen LogP contribution in [0.1, 0.15) is 0 Å². The predicted molar refractivity (Wildman–Crippen MR) is 71.0 cm³/mol. The van der Waals surface area contributed by atoms with Crippen molar-refractivity contribution in [2.24, 2.45) is 0 Å². The van der Waals surface area contributed by atoms with Gasteiger partial charge in [0.1, 0.15) is 0 Å². The van der Waals surface area contributed by atoms with Crippen molar-refractivity contribution in [2.45, 2.75) is 0 Å². The molecule has 0 spiro atoms. The van der Waals surface area contributed by atoms with Crippen LogP contribution in [0.15, 0.2) is 16.7 Å². The number of aromatic nitrogens is 1. The molecule has 0 radical (unpaired) electrons. The van der Waals surface area contributed by atoms with Crippen molar-refractivity contribution >= 4 is 17.4 Å². The Labute approximate surface area is 115 Å². The molecular weight excluding hydrogens is 272 g/mol. The average Bonchev–Trinajstić information content (AvgIpc) is 2.83. The molecule has 0 aliphatic carbocycles. The highest BCUT2D eigenvalue weighted by Gasteiger charge is 2.23. The van der Waals surface area contributed by atoms with E-state index in [2.05, 4.69) is 5.16 Å². The third-order valence-corrected chi connectivity index (χ3v) is 2.85. The van der Waals surface area contributed by atoms with Crippen LogP contribution in [0.4, 0.5) is 5.82 Å². The van der Waals surface area contributed by atoms with Crippen molar-refractivity contribution in [2.75, 3.05) is 27.1 Å². The lowest BCUT2D eigenvalue weighted by atomic mass is 10.1. The van der Waals surface area contributed by atoms with Gasteiger partial charge in [0, 0.05) is 12.1 Å². The molecule has 2 rings (SSSR count). The van der Waals surface area contributed by atoms with Crippen molar-refractivity contribution in [1.82, 2.24) is 5.16 Å². The van der Waals surface area contributed by atoms with Crippen LogP contribution >= 0.6 is 11.6 Å². The summed E-state index contributed by atoms with van der Waals surface area (Å²) in [5, 5.41) is 4.00. The van der Waals surface area contributed by atoms with Gasteiger partial charge in [0.25, 0.3) is 0 Å². The van der Waals surface area contributed by atoms with Crippen molar-refractivity contribution in [3.63, 3.8) is 0 Å². The minimum absolute atomic E-state index is 0.253. The zero-order valence-corrected chi connectivity index (χ0v) is 11.4. The highest BCUT2D eigenvalue weighted by molar-refractivity contribution is 6.34. The molecule has 0 aliphatic heterocycles. The lowest BCUT2D eigenvalue weighted by Gasteiger charge is -2.15. The fourth-order valence-electron chi connectivity index (χ4n) is 1.76. The van der Waals surface area contributed by atoms with Gasteiger partial charge in [0.05, 0.1) is 31.9 Å². The van der Waals surface area contributed by atoms with E-state index in [9.17, 15) is 0 Å². The molecule has 102 valence electrons. The lowest BCUT2D eigenvalue weighted by molar-refractivity contribution is 0.324. The molecule has 0 saturated carbocycles. The maximum Gasteiger partial charge on any atom is 0.204 e. The maximum absolute atomic E-state index is 6.22. The number of hydrogen-bond acceptors (Lipinski definition) is 6. The van der Waals surface area contributed by atoms with Crippen LogP contribution in [0.25, 0.3) is 11.3 Å². The highest BCUT2D eigenvalue weighted by Crippen LogP contribution is 2.48. The van der Waals surface area contributed by atoms with Crippen molar-refractivity contribution in [1.29, 1.82) is 0 Å².